The Morgan fingerprint density at radius 2 is 2.00 bits per heavy atom. The van der Waals surface area contributed by atoms with E-state index in [1.165, 1.54) is 0 Å². The molecule has 0 fully saturated rings. The van der Waals surface area contributed by atoms with Gasteiger partial charge in [-0.1, -0.05) is 6.92 Å². The second kappa shape index (κ2) is 4.32. The zero-order valence-electron chi connectivity index (χ0n) is 10.7. The lowest BCUT2D eigenvalue weighted by Gasteiger charge is -2.23. The van der Waals surface area contributed by atoms with E-state index in [-0.39, 0.29) is 0 Å². The third-order valence-electron chi connectivity index (χ3n) is 3.29. The summed E-state index contributed by atoms with van der Waals surface area (Å²) in [7, 11) is 3.25. The summed E-state index contributed by atoms with van der Waals surface area (Å²) >= 11 is 0. The van der Waals surface area contributed by atoms with Gasteiger partial charge in [0, 0.05) is 5.56 Å². The van der Waals surface area contributed by atoms with Gasteiger partial charge in [-0.05, 0) is 42.5 Å². The summed E-state index contributed by atoms with van der Waals surface area (Å²) in [5.41, 5.74) is 3.06. The standard InChI is InChI=1S/C14H18O3/c1-8-5-10-9(2)14(17-4)13(16-3)7-11(10)12(15)6-8/h6-8,15H,5H2,1-4H3/t8-/m0/s1. The molecule has 17 heavy (non-hydrogen) atoms. The van der Waals surface area contributed by atoms with Crippen molar-refractivity contribution in [3.63, 3.8) is 0 Å². The molecule has 1 aliphatic carbocycles. The highest BCUT2D eigenvalue weighted by Crippen LogP contribution is 2.40. The molecule has 0 amide bonds. The second-order valence-electron chi connectivity index (χ2n) is 4.50. The van der Waals surface area contributed by atoms with Crippen LogP contribution >= 0.6 is 0 Å². The molecule has 0 aliphatic heterocycles. The number of aliphatic hydroxyl groups is 1. The molecule has 3 heteroatoms. The minimum atomic E-state index is 0.336. The van der Waals surface area contributed by atoms with Crippen molar-refractivity contribution in [1.82, 2.24) is 0 Å². The molecule has 92 valence electrons. The van der Waals surface area contributed by atoms with E-state index in [2.05, 4.69) is 6.92 Å². The summed E-state index contributed by atoms with van der Waals surface area (Å²) < 4.78 is 10.7. The summed E-state index contributed by atoms with van der Waals surface area (Å²) in [6.07, 6.45) is 2.80. The Morgan fingerprint density at radius 1 is 1.29 bits per heavy atom. The molecule has 0 heterocycles. The molecular weight excluding hydrogens is 216 g/mol. The highest BCUT2D eigenvalue weighted by atomic mass is 16.5. The van der Waals surface area contributed by atoms with E-state index in [9.17, 15) is 5.11 Å². The third kappa shape index (κ3) is 1.86. The summed E-state index contributed by atoms with van der Waals surface area (Å²) in [5.74, 6) is 2.11. The summed E-state index contributed by atoms with van der Waals surface area (Å²) in [4.78, 5) is 0. The van der Waals surface area contributed by atoms with Crippen LogP contribution in [0.3, 0.4) is 0 Å². The van der Waals surface area contributed by atoms with E-state index in [1.54, 1.807) is 14.2 Å². The second-order valence-corrected chi connectivity index (χ2v) is 4.50. The van der Waals surface area contributed by atoms with Crippen LogP contribution in [0.25, 0.3) is 5.76 Å². The van der Waals surface area contributed by atoms with Crippen molar-refractivity contribution in [3.8, 4) is 11.5 Å². The first-order valence-electron chi connectivity index (χ1n) is 5.74. The molecule has 0 radical (unpaired) electrons. The first-order chi connectivity index (χ1) is 8.08. The molecular formula is C14H18O3. The van der Waals surface area contributed by atoms with Crippen LogP contribution in [-0.2, 0) is 6.42 Å². The van der Waals surface area contributed by atoms with Crippen molar-refractivity contribution in [3.05, 3.63) is 28.8 Å². The number of aliphatic hydroxyl groups excluding tert-OH is 1. The van der Waals surface area contributed by atoms with E-state index >= 15 is 0 Å². The van der Waals surface area contributed by atoms with Crippen LogP contribution in [-0.4, -0.2) is 19.3 Å². The maximum Gasteiger partial charge on any atom is 0.163 e. The molecule has 0 bridgehead atoms. The van der Waals surface area contributed by atoms with Crippen LogP contribution < -0.4 is 9.47 Å². The zero-order chi connectivity index (χ0) is 12.6. The molecule has 0 aromatic heterocycles. The van der Waals surface area contributed by atoms with Crippen LogP contribution in [0.5, 0.6) is 11.5 Å². The van der Waals surface area contributed by atoms with E-state index < -0.39 is 0 Å². The molecule has 0 saturated heterocycles. The van der Waals surface area contributed by atoms with Crippen molar-refractivity contribution < 1.29 is 14.6 Å². The molecule has 1 atom stereocenters. The molecule has 1 N–H and O–H groups in total. The van der Waals surface area contributed by atoms with Gasteiger partial charge in [0.1, 0.15) is 5.76 Å². The van der Waals surface area contributed by atoms with E-state index in [4.69, 9.17) is 9.47 Å². The maximum absolute atomic E-state index is 10.0. The fraction of sp³-hybridized carbons (Fsp3) is 0.429. The Bertz CT molecular complexity index is 475. The molecule has 1 aromatic carbocycles. The van der Waals surface area contributed by atoms with Crippen LogP contribution in [0.4, 0.5) is 0 Å². The van der Waals surface area contributed by atoms with Crippen molar-refractivity contribution >= 4 is 5.76 Å². The predicted octanol–water partition coefficient (Wildman–Crippen LogP) is 3.10. The van der Waals surface area contributed by atoms with Gasteiger partial charge in [-0.25, -0.2) is 0 Å². The number of ether oxygens (including phenoxy) is 2. The Balaban J connectivity index is 2.67. The Kier molecular flexibility index (Phi) is 3.01. The fourth-order valence-corrected chi connectivity index (χ4v) is 2.44. The van der Waals surface area contributed by atoms with Gasteiger partial charge in [-0.2, -0.15) is 0 Å². The number of hydrogen-bond acceptors (Lipinski definition) is 3. The lowest BCUT2D eigenvalue weighted by molar-refractivity contribution is 0.351. The molecule has 2 rings (SSSR count). The van der Waals surface area contributed by atoms with E-state index in [0.29, 0.717) is 17.4 Å². The van der Waals surface area contributed by atoms with E-state index in [0.717, 1.165) is 28.9 Å². The average Bonchev–Trinajstić information content (AvgIpc) is 2.30. The fourth-order valence-electron chi connectivity index (χ4n) is 2.44. The molecule has 1 aromatic rings. The number of hydrogen-bond donors (Lipinski definition) is 1. The van der Waals surface area contributed by atoms with Crippen LogP contribution in [0.1, 0.15) is 23.6 Å². The van der Waals surface area contributed by atoms with E-state index in [1.807, 2.05) is 19.1 Å². The lowest BCUT2D eigenvalue weighted by atomic mass is 9.86. The number of rotatable bonds is 2. The van der Waals surface area contributed by atoms with Gasteiger partial charge >= 0.3 is 0 Å². The minimum Gasteiger partial charge on any atom is -0.508 e. The average molecular weight is 234 g/mol. The zero-order valence-corrected chi connectivity index (χ0v) is 10.7. The van der Waals surface area contributed by atoms with Crippen molar-refractivity contribution in [2.24, 2.45) is 5.92 Å². The largest absolute Gasteiger partial charge is 0.508 e. The summed E-state index contributed by atoms with van der Waals surface area (Å²) in [6, 6.07) is 1.85. The first-order valence-corrected chi connectivity index (χ1v) is 5.74. The molecule has 1 aliphatic rings. The van der Waals surface area contributed by atoms with Crippen LogP contribution in [0, 0.1) is 12.8 Å². The number of benzene rings is 1. The van der Waals surface area contributed by atoms with Gasteiger partial charge in [-0.15, -0.1) is 0 Å². The lowest BCUT2D eigenvalue weighted by Crippen LogP contribution is -2.10. The topological polar surface area (TPSA) is 38.7 Å². The highest BCUT2D eigenvalue weighted by molar-refractivity contribution is 5.70. The maximum atomic E-state index is 10.0. The summed E-state index contributed by atoms with van der Waals surface area (Å²) in [6.45, 7) is 4.10. The quantitative estimate of drug-likeness (QED) is 0.854. The highest BCUT2D eigenvalue weighted by Gasteiger charge is 2.23. The van der Waals surface area contributed by atoms with Gasteiger partial charge in [0.05, 0.1) is 14.2 Å². The minimum absolute atomic E-state index is 0.336. The number of methoxy groups -OCH3 is 2. The van der Waals surface area contributed by atoms with Gasteiger partial charge in [0.25, 0.3) is 0 Å². The monoisotopic (exact) mass is 234 g/mol. The number of allylic oxidation sites excluding steroid dienone is 1. The van der Waals surface area contributed by atoms with Gasteiger partial charge in [0.2, 0.25) is 0 Å². The SMILES string of the molecule is COc1cc2c(c(C)c1OC)C[C@H](C)C=C2O. The van der Waals surface area contributed by atoms with Crippen molar-refractivity contribution in [1.29, 1.82) is 0 Å². The van der Waals surface area contributed by atoms with Gasteiger partial charge < -0.3 is 14.6 Å². The molecule has 0 spiro atoms. The Hall–Kier alpha value is -1.64. The smallest absolute Gasteiger partial charge is 0.163 e. The predicted molar refractivity (Wildman–Crippen MR) is 67.8 cm³/mol. The third-order valence-corrected chi connectivity index (χ3v) is 3.29. The molecule has 0 saturated carbocycles. The molecule has 0 unspecified atom stereocenters. The summed E-state index contributed by atoms with van der Waals surface area (Å²) in [5, 5.41) is 10.0. The Morgan fingerprint density at radius 3 is 2.59 bits per heavy atom. The van der Waals surface area contributed by atoms with Gasteiger partial charge in [-0.3, -0.25) is 0 Å². The van der Waals surface area contributed by atoms with Gasteiger partial charge in [0.15, 0.2) is 11.5 Å². The van der Waals surface area contributed by atoms with Crippen molar-refractivity contribution in [2.45, 2.75) is 20.3 Å². The Labute approximate surface area is 102 Å². The van der Waals surface area contributed by atoms with Crippen molar-refractivity contribution in [2.75, 3.05) is 14.2 Å². The van der Waals surface area contributed by atoms with Crippen LogP contribution in [0.15, 0.2) is 12.1 Å². The molecule has 3 nitrogen and oxygen atoms in total. The van der Waals surface area contributed by atoms with Crippen LogP contribution in [0.2, 0.25) is 0 Å². The number of fused-ring (bicyclic) bond motifs is 1. The first kappa shape index (κ1) is 11.8. The normalized spacial score (nSPS) is 18.4.